The number of fused-ring (bicyclic) bond motifs is 1. The van der Waals surface area contributed by atoms with Crippen LogP contribution in [0.1, 0.15) is 19.8 Å². The third kappa shape index (κ3) is 3.23. The Morgan fingerprint density at radius 1 is 1.33 bits per heavy atom. The maximum absolute atomic E-state index is 12.1. The van der Waals surface area contributed by atoms with Gasteiger partial charge in [-0.15, -0.1) is 0 Å². The van der Waals surface area contributed by atoms with Crippen LogP contribution in [0.5, 0.6) is 11.5 Å². The topological polar surface area (TPSA) is 61.6 Å². The summed E-state index contributed by atoms with van der Waals surface area (Å²) in [4.78, 5) is 0.753. The van der Waals surface area contributed by atoms with Crippen molar-refractivity contribution < 1.29 is 13.7 Å². The summed E-state index contributed by atoms with van der Waals surface area (Å²) >= 11 is 0. The minimum Gasteiger partial charge on any atom is -0.490 e. The van der Waals surface area contributed by atoms with E-state index < -0.39 is 10.8 Å². The Morgan fingerprint density at radius 3 is 2.78 bits per heavy atom. The second kappa shape index (κ2) is 6.20. The molecule has 100 valence electrons. The van der Waals surface area contributed by atoms with Gasteiger partial charge in [-0.3, -0.25) is 4.21 Å². The van der Waals surface area contributed by atoms with Gasteiger partial charge in [0.15, 0.2) is 11.5 Å². The Morgan fingerprint density at radius 2 is 2.06 bits per heavy atom. The van der Waals surface area contributed by atoms with Crippen LogP contribution in [0, 0.1) is 0 Å². The number of hydrogen-bond acceptors (Lipinski definition) is 4. The Labute approximate surface area is 110 Å². The van der Waals surface area contributed by atoms with E-state index in [4.69, 9.17) is 15.2 Å². The van der Waals surface area contributed by atoms with Crippen LogP contribution in [-0.4, -0.2) is 29.2 Å². The Kier molecular flexibility index (Phi) is 4.60. The van der Waals surface area contributed by atoms with E-state index in [2.05, 4.69) is 0 Å². The van der Waals surface area contributed by atoms with Crippen LogP contribution in [0.2, 0.25) is 0 Å². The second-order valence-corrected chi connectivity index (χ2v) is 5.84. The summed E-state index contributed by atoms with van der Waals surface area (Å²) in [5.41, 5.74) is 5.83. The normalized spacial score (nSPS) is 17.9. The van der Waals surface area contributed by atoms with Crippen LogP contribution in [0.3, 0.4) is 0 Å². The lowest BCUT2D eigenvalue weighted by Gasteiger charge is -2.11. The van der Waals surface area contributed by atoms with Crippen molar-refractivity contribution in [3.63, 3.8) is 0 Å². The molecule has 2 rings (SSSR count). The highest BCUT2D eigenvalue weighted by atomic mass is 32.2. The van der Waals surface area contributed by atoms with E-state index in [-0.39, 0.29) is 6.04 Å². The van der Waals surface area contributed by atoms with E-state index in [0.29, 0.717) is 24.7 Å². The summed E-state index contributed by atoms with van der Waals surface area (Å²) in [6, 6.07) is 5.43. The predicted molar refractivity (Wildman–Crippen MR) is 71.6 cm³/mol. The fraction of sp³-hybridized carbons (Fsp3) is 0.538. The van der Waals surface area contributed by atoms with E-state index in [9.17, 15) is 4.21 Å². The lowest BCUT2D eigenvalue weighted by Crippen LogP contribution is -2.26. The molecule has 18 heavy (non-hydrogen) atoms. The number of rotatable bonds is 4. The van der Waals surface area contributed by atoms with Crippen LogP contribution in [0.4, 0.5) is 0 Å². The van der Waals surface area contributed by atoms with Gasteiger partial charge >= 0.3 is 0 Å². The fourth-order valence-corrected chi connectivity index (χ4v) is 2.97. The lowest BCUT2D eigenvalue weighted by atomic mass is 10.3. The molecule has 0 saturated heterocycles. The summed E-state index contributed by atoms with van der Waals surface area (Å²) in [5, 5.41) is 0. The van der Waals surface area contributed by atoms with Crippen molar-refractivity contribution in [2.24, 2.45) is 5.73 Å². The van der Waals surface area contributed by atoms with Gasteiger partial charge in [0.2, 0.25) is 0 Å². The highest BCUT2D eigenvalue weighted by Crippen LogP contribution is 2.31. The molecule has 1 aliphatic rings. The zero-order valence-electron chi connectivity index (χ0n) is 10.6. The maximum Gasteiger partial charge on any atom is 0.162 e. The van der Waals surface area contributed by atoms with Crippen LogP contribution >= 0.6 is 0 Å². The zero-order valence-corrected chi connectivity index (χ0v) is 11.4. The molecule has 1 heterocycles. The smallest absolute Gasteiger partial charge is 0.162 e. The SMILES string of the molecule is CCC(N)CS(=O)c1ccc2c(c1)OCCCO2. The highest BCUT2D eigenvalue weighted by Gasteiger charge is 2.14. The molecular weight excluding hydrogens is 250 g/mol. The molecule has 2 unspecified atom stereocenters. The van der Waals surface area contributed by atoms with Crippen LogP contribution < -0.4 is 15.2 Å². The molecule has 0 bridgehead atoms. The van der Waals surface area contributed by atoms with Gasteiger partial charge in [-0.05, 0) is 18.6 Å². The van der Waals surface area contributed by atoms with Gasteiger partial charge < -0.3 is 15.2 Å². The first-order valence-electron chi connectivity index (χ1n) is 6.24. The monoisotopic (exact) mass is 269 g/mol. The van der Waals surface area contributed by atoms with Crippen molar-refractivity contribution in [1.29, 1.82) is 0 Å². The largest absolute Gasteiger partial charge is 0.490 e. The summed E-state index contributed by atoms with van der Waals surface area (Å²) in [6.45, 7) is 3.30. The summed E-state index contributed by atoms with van der Waals surface area (Å²) < 4.78 is 23.2. The Hall–Kier alpha value is -1.07. The number of nitrogens with two attached hydrogens (primary N) is 1. The molecule has 1 aliphatic heterocycles. The lowest BCUT2D eigenvalue weighted by molar-refractivity contribution is 0.297. The average molecular weight is 269 g/mol. The van der Waals surface area contributed by atoms with Crippen LogP contribution in [-0.2, 0) is 10.8 Å². The van der Waals surface area contributed by atoms with E-state index >= 15 is 0 Å². The van der Waals surface area contributed by atoms with Gasteiger partial charge in [0.25, 0.3) is 0 Å². The van der Waals surface area contributed by atoms with Crippen molar-refractivity contribution in [1.82, 2.24) is 0 Å². The Bertz CT molecular complexity index is 436. The van der Waals surface area contributed by atoms with E-state index in [1.165, 1.54) is 0 Å². The highest BCUT2D eigenvalue weighted by molar-refractivity contribution is 7.85. The first-order chi connectivity index (χ1) is 8.70. The standard InChI is InChI=1S/C13H19NO3S/c1-2-10(14)9-18(15)11-4-5-12-13(8-11)17-7-3-6-16-12/h4-5,8,10H,2-3,6-7,9,14H2,1H3. The van der Waals surface area contributed by atoms with Crippen molar-refractivity contribution >= 4 is 10.8 Å². The van der Waals surface area contributed by atoms with Crippen molar-refractivity contribution in [2.75, 3.05) is 19.0 Å². The van der Waals surface area contributed by atoms with Gasteiger partial charge in [0, 0.05) is 29.2 Å². The number of ether oxygens (including phenoxy) is 2. The molecule has 0 aliphatic carbocycles. The third-order valence-corrected chi connectivity index (χ3v) is 4.38. The first-order valence-corrected chi connectivity index (χ1v) is 7.56. The molecule has 0 aromatic heterocycles. The van der Waals surface area contributed by atoms with Crippen molar-refractivity contribution in [3.8, 4) is 11.5 Å². The minimum atomic E-state index is -1.08. The second-order valence-electron chi connectivity index (χ2n) is 4.34. The van der Waals surface area contributed by atoms with Crippen molar-refractivity contribution in [2.45, 2.75) is 30.7 Å². The number of benzene rings is 1. The molecule has 1 aromatic carbocycles. The molecule has 2 atom stereocenters. The molecular formula is C13H19NO3S. The van der Waals surface area contributed by atoms with E-state index in [1.54, 1.807) is 6.07 Å². The first kappa shape index (κ1) is 13.4. The molecule has 4 nitrogen and oxygen atoms in total. The van der Waals surface area contributed by atoms with Gasteiger partial charge in [-0.2, -0.15) is 0 Å². The zero-order chi connectivity index (χ0) is 13.0. The molecule has 2 N–H and O–H groups in total. The van der Waals surface area contributed by atoms with Crippen LogP contribution in [0.15, 0.2) is 23.1 Å². The van der Waals surface area contributed by atoms with Gasteiger partial charge in [-0.1, -0.05) is 6.92 Å². The van der Waals surface area contributed by atoms with Crippen molar-refractivity contribution in [3.05, 3.63) is 18.2 Å². The summed E-state index contributed by atoms with van der Waals surface area (Å²) in [7, 11) is -1.08. The molecule has 0 fully saturated rings. The van der Waals surface area contributed by atoms with Crippen LogP contribution in [0.25, 0.3) is 0 Å². The number of hydrogen-bond donors (Lipinski definition) is 1. The van der Waals surface area contributed by atoms with Gasteiger partial charge in [0.1, 0.15) is 0 Å². The van der Waals surface area contributed by atoms with Gasteiger partial charge in [-0.25, -0.2) is 0 Å². The fourth-order valence-electron chi connectivity index (χ4n) is 1.69. The van der Waals surface area contributed by atoms with E-state index in [1.807, 2.05) is 19.1 Å². The quantitative estimate of drug-likeness (QED) is 0.903. The molecule has 5 heteroatoms. The van der Waals surface area contributed by atoms with Gasteiger partial charge in [0.05, 0.1) is 24.0 Å². The van der Waals surface area contributed by atoms with E-state index in [0.717, 1.165) is 23.5 Å². The predicted octanol–water partition coefficient (Wildman–Crippen LogP) is 1.69. The molecule has 0 saturated carbocycles. The third-order valence-electron chi connectivity index (χ3n) is 2.87. The summed E-state index contributed by atoms with van der Waals surface area (Å²) in [5.74, 6) is 1.90. The molecule has 0 amide bonds. The summed E-state index contributed by atoms with van der Waals surface area (Å²) in [6.07, 6.45) is 1.70. The Balaban J connectivity index is 2.15. The minimum absolute atomic E-state index is 0.0261. The molecule has 0 radical (unpaired) electrons. The molecule has 1 aromatic rings. The maximum atomic E-state index is 12.1. The molecule has 0 spiro atoms. The average Bonchev–Trinajstić information content (AvgIpc) is 2.62.